The first-order valence-electron chi connectivity index (χ1n) is 9.48. The minimum atomic E-state index is -0.0790. The first-order chi connectivity index (χ1) is 13.6. The van der Waals surface area contributed by atoms with Crippen molar-refractivity contribution in [1.82, 2.24) is 9.47 Å². The molecule has 0 aliphatic carbocycles. The van der Waals surface area contributed by atoms with Gasteiger partial charge in [-0.2, -0.15) is 0 Å². The van der Waals surface area contributed by atoms with Crippen molar-refractivity contribution in [3.63, 3.8) is 0 Å². The van der Waals surface area contributed by atoms with Gasteiger partial charge in [-0.3, -0.25) is 9.59 Å². The number of hydrogen-bond acceptors (Lipinski definition) is 3. The average molecular weight is 374 g/mol. The molecule has 0 atom stereocenters. The van der Waals surface area contributed by atoms with Crippen LogP contribution in [0.2, 0.25) is 0 Å². The smallest absolute Gasteiger partial charge is 0.253 e. The number of nitrogens with zero attached hydrogens (tertiary/aromatic N) is 2. The molecule has 1 saturated heterocycles. The van der Waals surface area contributed by atoms with Crippen molar-refractivity contribution in [3.05, 3.63) is 84.2 Å². The zero-order chi connectivity index (χ0) is 19.5. The molecule has 1 amide bonds. The van der Waals surface area contributed by atoms with Crippen LogP contribution in [0.15, 0.2) is 73.1 Å². The highest BCUT2D eigenvalue weighted by molar-refractivity contribution is 5.98. The maximum Gasteiger partial charge on any atom is 0.253 e. The summed E-state index contributed by atoms with van der Waals surface area (Å²) in [6.45, 7) is 1.15. The van der Waals surface area contributed by atoms with Gasteiger partial charge in [0.25, 0.3) is 5.91 Å². The van der Waals surface area contributed by atoms with E-state index in [0.29, 0.717) is 37.1 Å². The highest BCUT2D eigenvalue weighted by atomic mass is 16.3. The predicted octanol–water partition coefficient (Wildman–Crippen LogP) is 3.92. The average Bonchev–Trinajstić information content (AvgIpc) is 3.28. The van der Waals surface area contributed by atoms with Crippen molar-refractivity contribution < 1.29 is 14.7 Å². The molecule has 0 unspecified atom stereocenters. The Bertz CT molecular complexity index is 952. The zero-order valence-corrected chi connectivity index (χ0v) is 15.5. The van der Waals surface area contributed by atoms with Crippen molar-refractivity contribution in [1.29, 1.82) is 0 Å². The molecule has 28 heavy (non-hydrogen) atoms. The second kappa shape index (κ2) is 7.72. The van der Waals surface area contributed by atoms with Crippen molar-refractivity contribution in [2.75, 3.05) is 13.1 Å². The van der Waals surface area contributed by atoms with Gasteiger partial charge in [-0.05, 0) is 73.5 Å². The highest BCUT2D eigenvalue weighted by Gasteiger charge is 2.28. The summed E-state index contributed by atoms with van der Waals surface area (Å²) in [5.41, 5.74) is 2.29. The summed E-state index contributed by atoms with van der Waals surface area (Å²) in [6.07, 6.45) is 5.25. The number of carbonyl (C=O) groups excluding carboxylic acids is 2. The molecule has 142 valence electrons. The second-order valence-corrected chi connectivity index (χ2v) is 7.11. The number of ketones is 1. The lowest BCUT2D eigenvalue weighted by Gasteiger charge is -2.31. The molecule has 1 fully saturated rings. The Balaban J connectivity index is 1.37. The van der Waals surface area contributed by atoms with E-state index >= 15 is 0 Å². The Labute approximate surface area is 163 Å². The van der Waals surface area contributed by atoms with Gasteiger partial charge < -0.3 is 14.6 Å². The number of Topliss-reactive ketones (excluding diaryl/α,β-unsaturated/α-hetero) is 1. The van der Waals surface area contributed by atoms with E-state index in [1.807, 2.05) is 58.3 Å². The Kier molecular flexibility index (Phi) is 4.98. The van der Waals surface area contributed by atoms with Gasteiger partial charge in [-0.25, -0.2) is 0 Å². The van der Waals surface area contributed by atoms with E-state index in [4.69, 9.17) is 0 Å². The fourth-order valence-electron chi connectivity index (χ4n) is 3.67. The molecule has 1 aliphatic heterocycles. The molecule has 0 spiro atoms. The van der Waals surface area contributed by atoms with Crippen LogP contribution >= 0.6 is 0 Å². The van der Waals surface area contributed by atoms with E-state index in [9.17, 15) is 14.7 Å². The predicted molar refractivity (Wildman–Crippen MR) is 107 cm³/mol. The lowest BCUT2D eigenvalue weighted by atomic mass is 9.88. The summed E-state index contributed by atoms with van der Waals surface area (Å²) in [4.78, 5) is 27.2. The molecule has 1 N–H and O–H groups in total. The second-order valence-electron chi connectivity index (χ2n) is 7.11. The summed E-state index contributed by atoms with van der Waals surface area (Å²) in [5.74, 6) is 0.169. The molecule has 1 aliphatic rings. The van der Waals surface area contributed by atoms with Crippen molar-refractivity contribution >= 4 is 11.7 Å². The topological polar surface area (TPSA) is 62.5 Å². The van der Waals surface area contributed by atoms with Gasteiger partial charge >= 0.3 is 0 Å². The van der Waals surface area contributed by atoms with E-state index in [1.54, 1.807) is 12.1 Å². The lowest BCUT2D eigenvalue weighted by Crippen LogP contribution is -2.40. The molecule has 5 nitrogen and oxygen atoms in total. The number of aromatic nitrogens is 1. The molecule has 5 heteroatoms. The molecular formula is C23H22N2O3. The third kappa shape index (κ3) is 3.69. The van der Waals surface area contributed by atoms with Gasteiger partial charge in [-0.15, -0.1) is 0 Å². The maximum atomic E-state index is 12.8. The SMILES string of the molecule is O=C(c1ccc(O)cc1)C1CCN(C(=O)c2ccc(-n3cccc3)cc2)CC1. The number of rotatable bonds is 4. The Morgan fingerprint density at radius 2 is 1.39 bits per heavy atom. The third-order valence-electron chi connectivity index (χ3n) is 5.32. The summed E-state index contributed by atoms with van der Waals surface area (Å²) in [5, 5.41) is 9.37. The van der Waals surface area contributed by atoms with Gasteiger partial charge in [0.05, 0.1) is 0 Å². The monoisotopic (exact) mass is 374 g/mol. The van der Waals surface area contributed by atoms with Crippen LogP contribution in [0, 0.1) is 5.92 Å². The number of likely N-dealkylation sites (tertiary alicyclic amines) is 1. The number of amides is 1. The number of phenolic OH excluding ortho intramolecular Hbond substituents is 1. The van der Waals surface area contributed by atoms with Crippen molar-refractivity contribution in [2.24, 2.45) is 5.92 Å². The van der Waals surface area contributed by atoms with E-state index in [0.717, 1.165) is 5.69 Å². The zero-order valence-electron chi connectivity index (χ0n) is 15.5. The summed E-state index contributed by atoms with van der Waals surface area (Å²) in [7, 11) is 0. The first-order valence-corrected chi connectivity index (χ1v) is 9.48. The molecule has 0 bridgehead atoms. The van der Waals surface area contributed by atoms with Crippen LogP contribution in [0.1, 0.15) is 33.6 Å². The van der Waals surface area contributed by atoms with Gasteiger partial charge in [-0.1, -0.05) is 0 Å². The Hall–Kier alpha value is -3.34. The molecule has 2 heterocycles. The summed E-state index contributed by atoms with van der Waals surface area (Å²) >= 11 is 0. The number of phenols is 1. The highest BCUT2D eigenvalue weighted by Crippen LogP contribution is 2.24. The normalized spacial score (nSPS) is 14.8. The third-order valence-corrected chi connectivity index (χ3v) is 5.32. The van der Waals surface area contributed by atoms with Crippen LogP contribution in [0.3, 0.4) is 0 Å². The van der Waals surface area contributed by atoms with E-state index in [1.165, 1.54) is 12.1 Å². The van der Waals surface area contributed by atoms with Gasteiger partial charge in [0.1, 0.15) is 5.75 Å². The molecule has 1 aromatic heterocycles. The molecule has 0 radical (unpaired) electrons. The van der Waals surface area contributed by atoms with Crippen LogP contribution in [0.25, 0.3) is 5.69 Å². The summed E-state index contributed by atoms with van der Waals surface area (Å²) < 4.78 is 1.99. The van der Waals surface area contributed by atoms with Crippen LogP contribution in [-0.2, 0) is 0 Å². The number of benzene rings is 2. The molecule has 4 rings (SSSR count). The van der Waals surface area contributed by atoms with E-state index in [2.05, 4.69) is 0 Å². The van der Waals surface area contributed by atoms with Crippen LogP contribution in [-0.4, -0.2) is 39.4 Å². The number of carbonyl (C=O) groups is 2. The fraction of sp³-hybridized carbons (Fsp3) is 0.217. The Morgan fingerprint density at radius 1 is 0.821 bits per heavy atom. The van der Waals surface area contributed by atoms with Gasteiger partial charge in [0.2, 0.25) is 0 Å². The summed E-state index contributed by atoms with van der Waals surface area (Å²) in [6, 6.07) is 17.9. The van der Waals surface area contributed by atoms with Gasteiger partial charge in [0.15, 0.2) is 5.78 Å². The number of aromatic hydroxyl groups is 1. The van der Waals surface area contributed by atoms with Crippen LogP contribution in [0.5, 0.6) is 5.75 Å². The van der Waals surface area contributed by atoms with E-state index < -0.39 is 0 Å². The maximum absolute atomic E-state index is 12.8. The van der Waals surface area contributed by atoms with Crippen molar-refractivity contribution in [2.45, 2.75) is 12.8 Å². The first kappa shape index (κ1) is 18.0. The standard InChI is InChI=1S/C23H22N2O3/c26-21-9-5-17(6-10-21)22(27)18-11-15-25(16-12-18)23(28)19-3-7-20(8-4-19)24-13-1-2-14-24/h1-10,13-14,18,26H,11-12,15-16H2. The molecular weight excluding hydrogens is 352 g/mol. The number of hydrogen-bond donors (Lipinski definition) is 1. The van der Waals surface area contributed by atoms with Crippen LogP contribution in [0.4, 0.5) is 0 Å². The molecule has 2 aromatic carbocycles. The van der Waals surface area contributed by atoms with Crippen LogP contribution < -0.4 is 0 Å². The number of piperidine rings is 1. The van der Waals surface area contributed by atoms with E-state index in [-0.39, 0.29) is 23.4 Å². The van der Waals surface area contributed by atoms with Gasteiger partial charge in [0, 0.05) is 48.2 Å². The Morgan fingerprint density at radius 3 is 2.00 bits per heavy atom. The molecule has 3 aromatic rings. The van der Waals surface area contributed by atoms with Crippen molar-refractivity contribution in [3.8, 4) is 11.4 Å². The minimum Gasteiger partial charge on any atom is -0.508 e. The quantitative estimate of drug-likeness (QED) is 0.704. The minimum absolute atomic E-state index is 0.00888. The lowest BCUT2D eigenvalue weighted by molar-refractivity contribution is 0.0650. The fourth-order valence-corrected chi connectivity index (χ4v) is 3.67. The largest absolute Gasteiger partial charge is 0.508 e. The molecule has 0 saturated carbocycles.